The summed E-state index contributed by atoms with van der Waals surface area (Å²) in [6.07, 6.45) is 4.92. The van der Waals surface area contributed by atoms with Crippen LogP contribution in [0.5, 0.6) is 17.2 Å². The van der Waals surface area contributed by atoms with Crippen molar-refractivity contribution < 1.29 is 42.8 Å². The predicted molar refractivity (Wildman–Crippen MR) is 128 cm³/mol. The van der Waals surface area contributed by atoms with Crippen molar-refractivity contribution in [2.75, 3.05) is 19.8 Å². The summed E-state index contributed by atoms with van der Waals surface area (Å²) in [5.41, 5.74) is 1.31. The van der Waals surface area contributed by atoms with Crippen LogP contribution in [0.4, 0.5) is 14.4 Å². The Morgan fingerprint density at radius 3 is 1.40 bits per heavy atom. The van der Waals surface area contributed by atoms with Crippen LogP contribution in [0.25, 0.3) is 12.2 Å². The van der Waals surface area contributed by atoms with Gasteiger partial charge in [-0.05, 0) is 35.4 Å². The second-order valence-electron chi connectivity index (χ2n) is 6.50. The molecule has 0 amide bonds. The molecule has 35 heavy (non-hydrogen) atoms. The van der Waals surface area contributed by atoms with Crippen LogP contribution in [0.1, 0.15) is 11.1 Å². The van der Waals surface area contributed by atoms with Gasteiger partial charge in [0.15, 0.2) is 0 Å². The molecule has 0 aliphatic rings. The lowest BCUT2D eigenvalue weighted by molar-refractivity contribution is 0.107. The highest BCUT2D eigenvalue weighted by Gasteiger charge is 2.12. The molecule has 0 aliphatic heterocycles. The van der Waals surface area contributed by atoms with Gasteiger partial charge in [0.25, 0.3) is 0 Å². The molecule has 0 aromatic heterocycles. The minimum atomic E-state index is -0.951. The van der Waals surface area contributed by atoms with Crippen molar-refractivity contribution in [1.82, 2.24) is 0 Å². The van der Waals surface area contributed by atoms with Gasteiger partial charge in [0.2, 0.25) is 0 Å². The van der Waals surface area contributed by atoms with Gasteiger partial charge in [0, 0.05) is 6.07 Å². The molecule has 2 aromatic rings. The molecule has 0 fully saturated rings. The number of hydrogen-bond acceptors (Lipinski definition) is 9. The van der Waals surface area contributed by atoms with Crippen molar-refractivity contribution in [3.05, 3.63) is 91.6 Å². The Balaban J connectivity index is 2.16. The van der Waals surface area contributed by atoms with Gasteiger partial charge in [-0.3, -0.25) is 0 Å². The van der Waals surface area contributed by atoms with Gasteiger partial charge < -0.3 is 28.4 Å². The molecule has 0 bridgehead atoms. The van der Waals surface area contributed by atoms with E-state index in [4.69, 9.17) is 28.4 Å². The molecule has 9 heteroatoms. The molecule has 2 rings (SSSR count). The van der Waals surface area contributed by atoms with E-state index in [1.54, 1.807) is 48.6 Å². The molecule has 0 spiro atoms. The molecule has 0 saturated heterocycles. The van der Waals surface area contributed by atoms with Crippen LogP contribution in [-0.2, 0) is 14.2 Å². The molecule has 0 atom stereocenters. The third-order valence-electron chi connectivity index (χ3n) is 3.81. The highest BCUT2D eigenvalue weighted by atomic mass is 16.7. The van der Waals surface area contributed by atoms with Gasteiger partial charge in [0.05, 0.1) is 0 Å². The fraction of sp³-hybridized carbons (Fsp3) is 0.115. The first-order valence-electron chi connectivity index (χ1n) is 10.2. The fourth-order valence-electron chi connectivity index (χ4n) is 2.41. The number of benzene rings is 2. The number of hydrogen-bond donors (Lipinski definition) is 0. The van der Waals surface area contributed by atoms with Crippen LogP contribution in [0.15, 0.2) is 80.4 Å². The quantitative estimate of drug-likeness (QED) is 0.127. The molecule has 0 saturated carbocycles. The van der Waals surface area contributed by atoms with E-state index in [0.717, 1.165) is 5.56 Å². The van der Waals surface area contributed by atoms with E-state index in [1.165, 1.54) is 24.3 Å². The fourth-order valence-corrected chi connectivity index (χ4v) is 2.41. The summed E-state index contributed by atoms with van der Waals surface area (Å²) < 4.78 is 29.7. The van der Waals surface area contributed by atoms with Gasteiger partial charge in [-0.25, -0.2) is 14.4 Å². The SMILES string of the molecule is C=CCOC(=O)Oc1ccc(/C=C/c2cc(OC(=O)OCC=C)cc(OC(=O)OCC=C)c2)cc1. The van der Waals surface area contributed by atoms with E-state index in [0.29, 0.717) is 11.3 Å². The Bertz CT molecular complexity index is 1040. The second-order valence-corrected chi connectivity index (χ2v) is 6.50. The lowest BCUT2D eigenvalue weighted by Crippen LogP contribution is -2.12. The largest absolute Gasteiger partial charge is 0.514 e. The Kier molecular flexibility index (Phi) is 10.9. The van der Waals surface area contributed by atoms with E-state index < -0.39 is 18.5 Å². The molecular weight excluding hydrogens is 456 g/mol. The van der Waals surface area contributed by atoms with Crippen LogP contribution >= 0.6 is 0 Å². The van der Waals surface area contributed by atoms with Gasteiger partial charge in [-0.15, -0.1) is 0 Å². The summed E-state index contributed by atoms with van der Waals surface area (Å²) in [5, 5.41) is 0. The van der Waals surface area contributed by atoms with Crippen molar-refractivity contribution in [2.24, 2.45) is 0 Å². The summed E-state index contributed by atoms with van der Waals surface area (Å²) in [6.45, 7) is 10.4. The number of ether oxygens (including phenoxy) is 6. The zero-order chi connectivity index (χ0) is 25.5. The lowest BCUT2D eigenvalue weighted by Gasteiger charge is -2.09. The highest BCUT2D eigenvalue weighted by Crippen LogP contribution is 2.26. The molecule has 0 heterocycles. The molecule has 0 unspecified atom stereocenters. The Hall–Kier alpha value is -4.79. The van der Waals surface area contributed by atoms with Crippen molar-refractivity contribution in [2.45, 2.75) is 0 Å². The van der Waals surface area contributed by atoms with E-state index >= 15 is 0 Å². The summed E-state index contributed by atoms with van der Waals surface area (Å²) in [4.78, 5) is 35.1. The number of rotatable bonds is 11. The van der Waals surface area contributed by atoms with Crippen molar-refractivity contribution in [3.63, 3.8) is 0 Å². The van der Waals surface area contributed by atoms with Crippen LogP contribution in [0.2, 0.25) is 0 Å². The molecule has 0 radical (unpaired) electrons. The Labute approximate surface area is 202 Å². The minimum absolute atomic E-state index is 0.0264. The highest BCUT2D eigenvalue weighted by molar-refractivity contribution is 5.73. The third-order valence-corrected chi connectivity index (χ3v) is 3.81. The van der Waals surface area contributed by atoms with E-state index in [-0.39, 0.29) is 31.3 Å². The summed E-state index contributed by atoms with van der Waals surface area (Å²) >= 11 is 0. The van der Waals surface area contributed by atoms with Crippen LogP contribution in [0, 0.1) is 0 Å². The van der Waals surface area contributed by atoms with Gasteiger partial charge in [-0.2, -0.15) is 0 Å². The van der Waals surface area contributed by atoms with Crippen molar-refractivity contribution in [1.29, 1.82) is 0 Å². The average Bonchev–Trinajstić information content (AvgIpc) is 2.84. The molecule has 0 aliphatic carbocycles. The molecule has 182 valence electrons. The smallest absolute Gasteiger partial charge is 0.430 e. The Morgan fingerprint density at radius 2 is 0.971 bits per heavy atom. The minimum Gasteiger partial charge on any atom is -0.430 e. The van der Waals surface area contributed by atoms with Crippen molar-refractivity contribution in [3.8, 4) is 17.2 Å². The van der Waals surface area contributed by atoms with Crippen LogP contribution < -0.4 is 14.2 Å². The summed E-state index contributed by atoms with van der Waals surface area (Å²) in [7, 11) is 0. The van der Waals surface area contributed by atoms with Gasteiger partial charge >= 0.3 is 18.5 Å². The lowest BCUT2D eigenvalue weighted by atomic mass is 10.1. The zero-order valence-electron chi connectivity index (χ0n) is 18.8. The third kappa shape index (κ3) is 10.1. The Morgan fingerprint density at radius 1 is 0.571 bits per heavy atom. The van der Waals surface area contributed by atoms with E-state index in [9.17, 15) is 14.4 Å². The van der Waals surface area contributed by atoms with Crippen LogP contribution in [-0.4, -0.2) is 38.3 Å². The van der Waals surface area contributed by atoms with Crippen LogP contribution in [0.3, 0.4) is 0 Å². The maximum atomic E-state index is 11.8. The maximum Gasteiger partial charge on any atom is 0.514 e. The maximum absolute atomic E-state index is 11.8. The first kappa shape index (κ1) is 26.5. The monoisotopic (exact) mass is 480 g/mol. The molecule has 9 nitrogen and oxygen atoms in total. The molecular formula is C26H24O9. The second kappa shape index (κ2) is 14.4. The normalized spacial score (nSPS) is 10.1. The first-order valence-corrected chi connectivity index (χ1v) is 10.2. The number of carbonyl (C=O) groups is 3. The van der Waals surface area contributed by atoms with E-state index in [2.05, 4.69) is 19.7 Å². The molecule has 0 N–H and O–H groups in total. The average molecular weight is 480 g/mol. The van der Waals surface area contributed by atoms with Gasteiger partial charge in [-0.1, -0.05) is 62.2 Å². The van der Waals surface area contributed by atoms with E-state index in [1.807, 2.05) is 0 Å². The zero-order valence-corrected chi connectivity index (χ0v) is 18.8. The van der Waals surface area contributed by atoms with Crippen molar-refractivity contribution >= 4 is 30.6 Å². The number of carbonyl (C=O) groups excluding carboxylic acids is 3. The predicted octanol–water partition coefficient (Wildman–Crippen LogP) is 5.96. The van der Waals surface area contributed by atoms with Gasteiger partial charge in [0.1, 0.15) is 37.1 Å². The first-order chi connectivity index (χ1) is 16.9. The summed E-state index contributed by atoms with van der Waals surface area (Å²) in [5.74, 6) is 0.461. The summed E-state index contributed by atoms with van der Waals surface area (Å²) in [6, 6.07) is 11.0. The standard InChI is InChI=1S/C26H24O9/c1-4-13-30-24(27)33-21-11-9-19(10-12-21)7-8-20-16-22(34-25(28)31-14-5-2)18-23(17-20)35-26(29)32-15-6-3/h4-12,16-18H,1-3,13-15H2/b8-7+. The topological polar surface area (TPSA) is 107 Å². The molecule has 2 aromatic carbocycles.